The normalized spacial score (nSPS) is 28.1. The SMILES string of the molecule is CCNC1CCC(C(C)(C)C)CC1CN(C)CC(C)(C)O. The molecule has 21 heavy (non-hydrogen) atoms. The molecule has 0 heterocycles. The van der Waals surface area contributed by atoms with Crippen molar-refractivity contribution in [1.82, 2.24) is 10.2 Å². The Labute approximate surface area is 132 Å². The molecular formula is C18H38N2O. The van der Waals surface area contributed by atoms with Gasteiger partial charge in [-0.2, -0.15) is 0 Å². The molecule has 3 unspecified atom stereocenters. The van der Waals surface area contributed by atoms with Crippen LogP contribution in [0.4, 0.5) is 0 Å². The second kappa shape index (κ2) is 7.43. The number of nitrogens with one attached hydrogen (secondary N) is 1. The van der Waals surface area contributed by atoms with E-state index >= 15 is 0 Å². The number of aliphatic hydroxyl groups is 1. The van der Waals surface area contributed by atoms with Gasteiger partial charge in [0.05, 0.1) is 5.60 Å². The number of hydrogen-bond acceptors (Lipinski definition) is 3. The first-order chi connectivity index (χ1) is 9.53. The largest absolute Gasteiger partial charge is 0.389 e. The van der Waals surface area contributed by atoms with Gasteiger partial charge in [0, 0.05) is 19.1 Å². The summed E-state index contributed by atoms with van der Waals surface area (Å²) in [6, 6.07) is 0.637. The van der Waals surface area contributed by atoms with Gasteiger partial charge < -0.3 is 15.3 Å². The first kappa shape index (κ1) is 18.9. The van der Waals surface area contributed by atoms with Gasteiger partial charge in [-0.1, -0.05) is 27.7 Å². The zero-order chi connectivity index (χ0) is 16.3. The minimum atomic E-state index is -0.611. The molecule has 0 radical (unpaired) electrons. The van der Waals surface area contributed by atoms with Gasteiger partial charge in [0.1, 0.15) is 0 Å². The van der Waals surface area contributed by atoms with Crippen molar-refractivity contribution in [1.29, 1.82) is 0 Å². The Hall–Kier alpha value is -0.120. The molecule has 0 saturated heterocycles. The molecule has 3 nitrogen and oxygen atoms in total. The van der Waals surface area contributed by atoms with Crippen LogP contribution in [0.15, 0.2) is 0 Å². The Morgan fingerprint density at radius 2 is 1.76 bits per heavy atom. The third-order valence-electron chi connectivity index (χ3n) is 4.88. The van der Waals surface area contributed by atoms with Gasteiger partial charge in [0.15, 0.2) is 0 Å². The lowest BCUT2D eigenvalue weighted by Gasteiger charge is -2.43. The molecule has 0 aliphatic heterocycles. The fraction of sp³-hybridized carbons (Fsp3) is 1.00. The van der Waals surface area contributed by atoms with Crippen molar-refractivity contribution < 1.29 is 5.11 Å². The molecule has 0 aromatic rings. The topological polar surface area (TPSA) is 35.5 Å². The predicted molar refractivity (Wildman–Crippen MR) is 91.5 cm³/mol. The molecule has 3 heteroatoms. The highest BCUT2D eigenvalue weighted by atomic mass is 16.3. The zero-order valence-corrected chi connectivity index (χ0v) is 15.4. The Morgan fingerprint density at radius 1 is 1.14 bits per heavy atom. The summed E-state index contributed by atoms with van der Waals surface area (Å²) in [5, 5.41) is 13.7. The number of rotatable bonds is 6. The maximum atomic E-state index is 10.0. The molecule has 126 valence electrons. The summed E-state index contributed by atoms with van der Waals surface area (Å²) in [4.78, 5) is 2.31. The highest BCUT2D eigenvalue weighted by Crippen LogP contribution is 2.40. The average molecular weight is 299 g/mol. The smallest absolute Gasteiger partial charge is 0.0718 e. The monoisotopic (exact) mass is 298 g/mol. The fourth-order valence-electron chi connectivity index (χ4n) is 3.91. The van der Waals surface area contributed by atoms with Crippen LogP contribution in [0, 0.1) is 17.3 Å². The van der Waals surface area contributed by atoms with Crippen molar-refractivity contribution in [2.75, 3.05) is 26.7 Å². The molecule has 1 aliphatic carbocycles. The molecule has 0 aromatic heterocycles. The third-order valence-corrected chi connectivity index (χ3v) is 4.88. The van der Waals surface area contributed by atoms with Gasteiger partial charge in [-0.25, -0.2) is 0 Å². The molecule has 0 bridgehead atoms. The van der Waals surface area contributed by atoms with E-state index in [0.29, 0.717) is 17.4 Å². The summed E-state index contributed by atoms with van der Waals surface area (Å²) in [7, 11) is 2.14. The van der Waals surface area contributed by atoms with E-state index in [0.717, 1.165) is 25.6 Å². The van der Waals surface area contributed by atoms with Crippen LogP contribution in [-0.2, 0) is 0 Å². The van der Waals surface area contributed by atoms with E-state index in [1.807, 2.05) is 13.8 Å². The first-order valence-electron chi connectivity index (χ1n) is 8.67. The summed E-state index contributed by atoms with van der Waals surface area (Å²) >= 11 is 0. The van der Waals surface area contributed by atoms with Crippen molar-refractivity contribution in [3.8, 4) is 0 Å². The molecule has 1 rings (SSSR count). The van der Waals surface area contributed by atoms with Crippen LogP contribution in [0.3, 0.4) is 0 Å². The lowest BCUT2D eigenvalue weighted by atomic mass is 9.67. The van der Waals surface area contributed by atoms with Gasteiger partial charge in [-0.15, -0.1) is 0 Å². The van der Waals surface area contributed by atoms with Gasteiger partial charge >= 0.3 is 0 Å². The van der Waals surface area contributed by atoms with Crippen LogP contribution in [0.5, 0.6) is 0 Å². The van der Waals surface area contributed by atoms with Crippen LogP contribution in [-0.4, -0.2) is 48.3 Å². The Bertz CT molecular complexity index is 303. The van der Waals surface area contributed by atoms with E-state index in [1.54, 1.807) is 0 Å². The van der Waals surface area contributed by atoms with Crippen molar-refractivity contribution in [2.45, 2.75) is 72.4 Å². The lowest BCUT2D eigenvalue weighted by molar-refractivity contribution is 0.0283. The fourth-order valence-corrected chi connectivity index (χ4v) is 3.91. The standard InChI is InChI=1S/C18H38N2O/c1-8-19-16-10-9-15(17(2,3)4)11-14(16)12-20(7)13-18(5,6)21/h14-16,19,21H,8-13H2,1-7H3. The summed E-state index contributed by atoms with van der Waals surface area (Å²) in [6.07, 6.45) is 3.93. The maximum absolute atomic E-state index is 10.0. The van der Waals surface area contributed by atoms with Crippen LogP contribution in [0.1, 0.15) is 60.8 Å². The summed E-state index contributed by atoms with van der Waals surface area (Å²) in [5.74, 6) is 1.50. The van der Waals surface area contributed by atoms with Crippen LogP contribution in [0.25, 0.3) is 0 Å². The van der Waals surface area contributed by atoms with E-state index in [9.17, 15) is 5.11 Å². The van der Waals surface area contributed by atoms with Crippen molar-refractivity contribution in [2.24, 2.45) is 17.3 Å². The molecule has 1 saturated carbocycles. The van der Waals surface area contributed by atoms with Crippen LogP contribution in [0.2, 0.25) is 0 Å². The minimum Gasteiger partial charge on any atom is -0.389 e. The lowest BCUT2D eigenvalue weighted by Crippen LogP contribution is -2.48. The van der Waals surface area contributed by atoms with E-state index in [4.69, 9.17) is 0 Å². The van der Waals surface area contributed by atoms with Gasteiger partial charge in [-0.05, 0) is 64.0 Å². The quantitative estimate of drug-likeness (QED) is 0.791. The Kier molecular flexibility index (Phi) is 6.70. The highest BCUT2D eigenvalue weighted by Gasteiger charge is 2.36. The summed E-state index contributed by atoms with van der Waals surface area (Å²) in [6.45, 7) is 16.0. The van der Waals surface area contributed by atoms with Crippen LogP contribution < -0.4 is 5.32 Å². The first-order valence-corrected chi connectivity index (χ1v) is 8.67. The number of nitrogens with zero attached hydrogens (tertiary/aromatic N) is 1. The molecule has 1 aliphatic rings. The van der Waals surface area contributed by atoms with Gasteiger partial charge in [-0.3, -0.25) is 0 Å². The van der Waals surface area contributed by atoms with E-state index in [1.165, 1.54) is 19.3 Å². The van der Waals surface area contributed by atoms with E-state index in [2.05, 4.69) is 45.0 Å². The number of likely N-dealkylation sites (N-methyl/N-ethyl adjacent to an activating group) is 1. The predicted octanol–water partition coefficient (Wildman–Crippen LogP) is 3.13. The Morgan fingerprint density at radius 3 is 2.24 bits per heavy atom. The molecular weight excluding hydrogens is 260 g/mol. The van der Waals surface area contributed by atoms with Crippen molar-refractivity contribution >= 4 is 0 Å². The van der Waals surface area contributed by atoms with Gasteiger partial charge in [0.25, 0.3) is 0 Å². The molecule has 3 atom stereocenters. The molecule has 1 fully saturated rings. The van der Waals surface area contributed by atoms with E-state index < -0.39 is 5.60 Å². The zero-order valence-electron chi connectivity index (χ0n) is 15.4. The maximum Gasteiger partial charge on any atom is 0.0718 e. The third kappa shape index (κ3) is 6.66. The number of hydrogen-bond donors (Lipinski definition) is 2. The van der Waals surface area contributed by atoms with E-state index in [-0.39, 0.29) is 0 Å². The summed E-state index contributed by atoms with van der Waals surface area (Å²) in [5.41, 5.74) is -0.204. The second-order valence-electron chi connectivity index (χ2n) is 8.81. The van der Waals surface area contributed by atoms with Crippen molar-refractivity contribution in [3.63, 3.8) is 0 Å². The highest BCUT2D eigenvalue weighted by molar-refractivity contribution is 4.90. The molecule has 0 amide bonds. The summed E-state index contributed by atoms with van der Waals surface area (Å²) < 4.78 is 0. The Balaban J connectivity index is 2.67. The minimum absolute atomic E-state index is 0.407. The van der Waals surface area contributed by atoms with Crippen molar-refractivity contribution in [3.05, 3.63) is 0 Å². The van der Waals surface area contributed by atoms with Gasteiger partial charge in [0.2, 0.25) is 0 Å². The molecule has 0 spiro atoms. The molecule has 2 N–H and O–H groups in total. The molecule has 0 aromatic carbocycles. The second-order valence-corrected chi connectivity index (χ2v) is 8.81. The van der Waals surface area contributed by atoms with Crippen LogP contribution >= 0.6 is 0 Å². The average Bonchev–Trinajstić information content (AvgIpc) is 2.27.